The molecule has 1 aliphatic heterocycles. The van der Waals surface area contributed by atoms with Crippen LogP contribution in [0.4, 0.5) is 18.0 Å². The van der Waals surface area contributed by atoms with Crippen LogP contribution in [0, 0.1) is 0 Å². The van der Waals surface area contributed by atoms with Gasteiger partial charge in [0.15, 0.2) is 0 Å². The van der Waals surface area contributed by atoms with Crippen molar-refractivity contribution in [3.05, 3.63) is 0 Å². The van der Waals surface area contributed by atoms with E-state index in [4.69, 9.17) is 5.11 Å². The number of carbonyl (C=O) groups excluding carboxylic acids is 1. The van der Waals surface area contributed by atoms with Gasteiger partial charge in [0, 0.05) is 18.1 Å². The van der Waals surface area contributed by atoms with E-state index in [0.717, 1.165) is 6.42 Å². The van der Waals surface area contributed by atoms with Crippen LogP contribution in [0.15, 0.2) is 0 Å². The van der Waals surface area contributed by atoms with E-state index in [0.29, 0.717) is 12.2 Å². The lowest BCUT2D eigenvalue weighted by Gasteiger charge is -2.27. The molecule has 0 saturated carbocycles. The van der Waals surface area contributed by atoms with Gasteiger partial charge in [-0.15, -0.1) is 11.8 Å². The van der Waals surface area contributed by atoms with E-state index >= 15 is 0 Å². The third kappa shape index (κ3) is 5.85. The summed E-state index contributed by atoms with van der Waals surface area (Å²) in [5.74, 6) is -1.10. The van der Waals surface area contributed by atoms with Crippen molar-refractivity contribution >= 4 is 35.5 Å². The minimum Gasteiger partial charge on any atom is -0.480 e. The molecule has 1 fully saturated rings. The largest absolute Gasteiger partial charge is 0.480 e. The van der Waals surface area contributed by atoms with E-state index in [2.05, 4.69) is 5.32 Å². The van der Waals surface area contributed by atoms with Crippen molar-refractivity contribution in [1.82, 2.24) is 10.2 Å². The van der Waals surface area contributed by atoms with Crippen LogP contribution in [0.25, 0.3) is 0 Å². The second-order valence-corrected chi connectivity index (χ2v) is 6.73. The lowest BCUT2D eigenvalue weighted by Crippen LogP contribution is -2.50. The smallest absolute Gasteiger partial charge is 0.441 e. The number of urea groups is 1. The monoisotopic (exact) mass is 346 g/mol. The molecule has 1 heterocycles. The average molecular weight is 346 g/mol. The number of halogens is 3. The maximum Gasteiger partial charge on any atom is 0.441 e. The number of hydrogen-bond acceptors (Lipinski definition) is 4. The highest BCUT2D eigenvalue weighted by Crippen LogP contribution is 2.32. The van der Waals surface area contributed by atoms with Crippen molar-refractivity contribution in [1.29, 1.82) is 0 Å². The molecule has 0 bridgehead atoms. The second kappa shape index (κ2) is 8.02. The molecular weight excluding hydrogens is 329 g/mol. The summed E-state index contributed by atoms with van der Waals surface area (Å²) < 4.78 is 35.9. The number of nitrogens with one attached hydrogen (secondary N) is 1. The highest BCUT2D eigenvalue weighted by molar-refractivity contribution is 8.00. The van der Waals surface area contributed by atoms with Crippen molar-refractivity contribution in [2.75, 3.05) is 18.1 Å². The highest BCUT2D eigenvalue weighted by Gasteiger charge is 2.41. The Morgan fingerprint density at radius 1 is 1.48 bits per heavy atom. The highest BCUT2D eigenvalue weighted by atomic mass is 32.2. The van der Waals surface area contributed by atoms with Crippen LogP contribution in [-0.2, 0) is 4.79 Å². The molecule has 2 atom stereocenters. The normalized spacial score (nSPS) is 22.4. The van der Waals surface area contributed by atoms with Crippen LogP contribution < -0.4 is 5.32 Å². The van der Waals surface area contributed by atoms with E-state index in [1.54, 1.807) is 0 Å². The Kier molecular flexibility index (Phi) is 6.98. The van der Waals surface area contributed by atoms with Crippen LogP contribution in [0.5, 0.6) is 0 Å². The fraction of sp³-hybridized carbons (Fsp3) is 0.818. The topological polar surface area (TPSA) is 69.6 Å². The number of hydrogen-bond donors (Lipinski definition) is 2. The number of nitrogens with zero attached hydrogens (tertiary/aromatic N) is 1. The molecular formula is C11H17F3N2O3S2. The number of carboxylic acid groups (broad SMARTS) is 1. The lowest BCUT2D eigenvalue weighted by atomic mass is 10.2. The minimum atomic E-state index is -4.33. The number of aliphatic carboxylic acids is 1. The van der Waals surface area contributed by atoms with Crippen molar-refractivity contribution in [3.8, 4) is 0 Å². The summed E-state index contributed by atoms with van der Waals surface area (Å²) in [6, 6.07) is -1.55. The van der Waals surface area contributed by atoms with E-state index in [1.807, 2.05) is 6.92 Å². The van der Waals surface area contributed by atoms with Gasteiger partial charge < -0.3 is 10.4 Å². The summed E-state index contributed by atoms with van der Waals surface area (Å²) in [6.07, 6.45) is 1.44. The van der Waals surface area contributed by atoms with E-state index in [9.17, 15) is 22.8 Å². The first-order valence-electron chi connectivity index (χ1n) is 6.37. The zero-order valence-corrected chi connectivity index (χ0v) is 13.0. The van der Waals surface area contributed by atoms with Gasteiger partial charge in [0.05, 0.1) is 5.37 Å². The van der Waals surface area contributed by atoms with Crippen LogP contribution >= 0.6 is 23.5 Å². The zero-order chi connectivity index (χ0) is 16.0. The van der Waals surface area contributed by atoms with Gasteiger partial charge in [-0.25, -0.2) is 9.59 Å². The lowest BCUT2D eigenvalue weighted by molar-refractivity contribution is -0.141. The first-order chi connectivity index (χ1) is 9.76. The number of carboxylic acids is 1. The fourth-order valence-corrected chi connectivity index (χ4v) is 3.86. The summed E-state index contributed by atoms with van der Waals surface area (Å²) in [5, 5.41) is 11.2. The third-order valence-corrected chi connectivity index (χ3v) is 4.88. The number of amides is 2. The molecule has 2 amide bonds. The summed E-state index contributed by atoms with van der Waals surface area (Å²) in [6.45, 7) is 1.76. The quantitative estimate of drug-likeness (QED) is 0.724. The molecule has 122 valence electrons. The molecule has 5 nitrogen and oxygen atoms in total. The van der Waals surface area contributed by atoms with Gasteiger partial charge in [-0.3, -0.25) is 4.90 Å². The Hall–Kier alpha value is -0.770. The molecule has 0 radical (unpaired) electrons. The molecule has 1 aliphatic rings. The van der Waals surface area contributed by atoms with Crippen LogP contribution in [0.1, 0.15) is 19.8 Å². The Bertz CT molecular complexity index is 382. The summed E-state index contributed by atoms with van der Waals surface area (Å²) in [5.41, 5.74) is -4.33. The number of carbonyl (C=O) groups is 2. The third-order valence-electron chi connectivity index (χ3n) is 2.79. The van der Waals surface area contributed by atoms with Gasteiger partial charge in [0.2, 0.25) is 0 Å². The molecule has 21 heavy (non-hydrogen) atoms. The molecule has 10 heteroatoms. The predicted octanol–water partition coefficient (Wildman–Crippen LogP) is 2.58. The van der Waals surface area contributed by atoms with Crippen LogP contribution in [0.3, 0.4) is 0 Å². The zero-order valence-electron chi connectivity index (χ0n) is 11.4. The van der Waals surface area contributed by atoms with E-state index in [-0.39, 0.29) is 29.4 Å². The van der Waals surface area contributed by atoms with Gasteiger partial charge in [0.25, 0.3) is 0 Å². The van der Waals surface area contributed by atoms with Crippen molar-refractivity contribution in [3.63, 3.8) is 0 Å². The number of thioether (sulfide) groups is 2. The predicted molar refractivity (Wildman–Crippen MR) is 76.3 cm³/mol. The molecule has 0 aliphatic carbocycles. The van der Waals surface area contributed by atoms with Crippen molar-refractivity contribution in [2.24, 2.45) is 0 Å². The summed E-state index contributed by atoms with van der Waals surface area (Å²) in [7, 11) is 0. The average Bonchev–Trinajstić information content (AvgIpc) is 2.77. The number of alkyl halides is 3. The van der Waals surface area contributed by atoms with Gasteiger partial charge in [-0.2, -0.15) is 13.2 Å². The molecule has 1 rings (SSSR count). The molecule has 2 N–H and O–H groups in total. The Morgan fingerprint density at radius 3 is 2.67 bits per heavy atom. The Labute approximate surface area is 129 Å². The molecule has 2 unspecified atom stereocenters. The minimum absolute atomic E-state index is 0.157. The van der Waals surface area contributed by atoms with Crippen molar-refractivity contribution in [2.45, 2.75) is 36.7 Å². The van der Waals surface area contributed by atoms with Gasteiger partial charge in [0.1, 0.15) is 6.04 Å². The molecule has 0 spiro atoms. The Morgan fingerprint density at radius 2 is 2.14 bits per heavy atom. The van der Waals surface area contributed by atoms with E-state index < -0.39 is 23.6 Å². The second-order valence-electron chi connectivity index (χ2n) is 4.36. The van der Waals surface area contributed by atoms with E-state index in [1.165, 1.54) is 16.7 Å². The maximum absolute atomic E-state index is 12.0. The SMILES string of the molecule is CCCC1SCC(C(=O)O)N1C(=O)NCCSC(F)(F)F. The molecule has 1 saturated heterocycles. The first-order valence-corrected chi connectivity index (χ1v) is 8.41. The molecule has 0 aromatic carbocycles. The van der Waals surface area contributed by atoms with Gasteiger partial charge >= 0.3 is 17.5 Å². The maximum atomic E-state index is 12.0. The van der Waals surface area contributed by atoms with Gasteiger partial charge in [-0.1, -0.05) is 13.3 Å². The standard InChI is InChI=1S/C11H17F3N2O3S2/c1-2-3-8-16(7(6-20-8)9(17)18)10(19)15-4-5-21-11(12,13)14/h7-8H,2-6H2,1H3,(H,15,19)(H,17,18). The molecule has 0 aromatic rings. The van der Waals surface area contributed by atoms with Crippen molar-refractivity contribution < 1.29 is 27.9 Å². The summed E-state index contributed by atoms with van der Waals surface area (Å²) >= 11 is 1.16. The first kappa shape index (κ1) is 18.3. The van der Waals surface area contributed by atoms with Crippen LogP contribution in [-0.4, -0.2) is 57.0 Å². The summed E-state index contributed by atoms with van der Waals surface area (Å²) in [4.78, 5) is 24.4. The number of rotatable bonds is 6. The fourth-order valence-electron chi connectivity index (χ4n) is 1.91. The van der Waals surface area contributed by atoms with Gasteiger partial charge in [-0.05, 0) is 18.2 Å². The molecule has 0 aromatic heterocycles. The van der Waals surface area contributed by atoms with Crippen LogP contribution in [0.2, 0.25) is 0 Å². The Balaban J connectivity index is 2.53.